The van der Waals surface area contributed by atoms with Crippen LogP contribution < -0.4 is 0 Å². The molecular formula is C9H16BrNO5. The second-order valence-electron chi connectivity index (χ2n) is 2.77. The molecule has 0 aromatic rings. The molecule has 0 spiro atoms. The molecule has 1 atom stereocenters. The number of halogens is 1. The van der Waals surface area contributed by atoms with E-state index in [1.165, 1.54) is 14.0 Å². The minimum absolute atomic E-state index is 0.136. The number of methoxy groups -OCH3 is 2. The third kappa shape index (κ3) is 7.61. The molecule has 94 valence electrons. The Morgan fingerprint density at radius 1 is 1.31 bits per heavy atom. The number of carbonyl (C=O) groups is 1. The molecule has 0 aromatic carbocycles. The van der Waals surface area contributed by atoms with Gasteiger partial charge in [0.25, 0.3) is 0 Å². The van der Waals surface area contributed by atoms with Crippen LogP contribution in [0.4, 0.5) is 0 Å². The van der Waals surface area contributed by atoms with Crippen molar-refractivity contribution in [2.75, 3.05) is 34.0 Å². The molecular weight excluding hydrogens is 282 g/mol. The standard InChI is InChI=1S/C9H16BrNO5/c1-7(11-15-5-4-13-2)9(12)16-8(10)6-14-3/h8H,4-6H2,1-3H3. The molecule has 0 aromatic heterocycles. The van der Waals surface area contributed by atoms with Crippen LogP contribution in [0.15, 0.2) is 5.16 Å². The summed E-state index contributed by atoms with van der Waals surface area (Å²) in [6.45, 7) is 2.47. The molecule has 7 heteroatoms. The Morgan fingerprint density at radius 3 is 2.56 bits per heavy atom. The highest BCUT2D eigenvalue weighted by molar-refractivity contribution is 9.09. The second-order valence-corrected chi connectivity index (χ2v) is 3.79. The summed E-state index contributed by atoms with van der Waals surface area (Å²) in [4.78, 5) is 16.2. The maximum atomic E-state index is 11.3. The molecule has 1 unspecified atom stereocenters. The predicted octanol–water partition coefficient (Wildman–Crippen LogP) is 0.936. The molecule has 0 aliphatic carbocycles. The zero-order chi connectivity index (χ0) is 12.4. The molecule has 0 bridgehead atoms. The Hall–Kier alpha value is -0.660. The van der Waals surface area contributed by atoms with Gasteiger partial charge in [-0.2, -0.15) is 0 Å². The first kappa shape index (κ1) is 15.3. The Kier molecular flexibility index (Phi) is 9.16. The van der Waals surface area contributed by atoms with Crippen LogP contribution in [0.3, 0.4) is 0 Å². The third-order valence-corrected chi connectivity index (χ3v) is 1.86. The van der Waals surface area contributed by atoms with E-state index < -0.39 is 11.0 Å². The summed E-state index contributed by atoms with van der Waals surface area (Å²) >= 11 is 3.12. The maximum absolute atomic E-state index is 11.3. The molecule has 0 aliphatic rings. The number of esters is 1. The highest BCUT2D eigenvalue weighted by Crippen LogP contribution is 2.03. The second kappa shape index (κ2) is 9.56. The number of carbonyl (C=O) groups excluding carboxylic acids is 1. The number of hydrogen-bond donors (Lipinski definition) is 0. The third-order valence-electron chi connectivity index (χ3n) is 1.41. The SMILES string of the molecule is COCCON=C(C)C(=O)OC(Br)COC. The van der Waals surface area contributed by atoms with Gasteiger partial charge in [0.2, 0.25) is 0 Å². The normalized spacial score (nSPS) is 13.4. The first-order valence-electron chi connectivity index (χ1n) is 4.61. The zero-order valence-corrected chi connectivity index (χ0v) is 11.2. The minimum Gasteiger partial charge on any atom is -0.444 e. The fourth-order valence-corrected chi connectivity index (χ4v) is 1.10. The summed E-state index contributed by atoms with van der Waals surface area (Å²) in [6, 6.07) is 0. The van der Waals surface area contributed by atoms with Crippen molar-refractivity contribution in [1.82, 2.24) is 0 Å². The van der Waals surface area contributed by atoms with Gasteiger partial charge in [-0.05, 0) is 22.9 Å². The summed E-state index contributed by atoms with van der Waals surface area (Å²) in [5.74, 6) is -0.559. The molecule has 16 heavy (non-hydrogen) atoms. The van der Waals surface area contributed by atoms with E-state index in [1.54, 1.807) is 7.11 Å². The average Bonchev–Trinajstić information content (AvgIpc) is 2.24. The zero-order valence-electron chi connectivity index (χ0n) is 9.57. The molecule has 0 fully saturated rings. The van der Waals surface area contributed by atoms with E-state index in [2.05, 4.69) is 21.1 Å². The highest BCUT2D eigenvalue weighted by atomic mass is 79.9. The van der Waals surface area contributed by atoms with Crippen molar-refractivity contribution in [2.45, 2.75) is 11.9 Å². The van der Waals surface area contributed by atoms with Gasteiger partial charge in [0.15, 0.2) is 10.7 Å². The van der Waals surface area contributed by atoms with E-state index in [9.17, 15) is 4.79 Å². The van der Waals surface area contributed by atoms with Crippen LogP contribution in [0.1, 0.15) is 6.92 Å². The number of alkyl halides is 1. The summed E-state index contributed by atoms with van der Waals surface area (Å²) in [5.41, 5.74) is 0.136. The lowest BCUT2D eigenvalue weighted by molar-refractivity contribution is -0.138. The van der Waals surface area contributed by atoms with Gasteiger partial charge in [-0.15, -0.1) is 0 Å². The van der Waals surface area contributed by atoms with Crippen molar-refractivity contribution in [2.24, 2.45) is 5.16 Å². The van der Waals surface area contributed by atoms with Gasteiger partial charge in [-0.3, -0.25) is 0 Å². The van der Waals surface area contributed by atoms with Crippen LogP contribution in [0, 0.1) is 0 Å². The Balaban J connectivity index is 3.87. The monoisotopic (exact) mass is 297 g/mol. The molecule has 0 N–H and O–H groups in total. The first-order valence-corrected chi connectivity index (χ1v) is 5.52. The molecule has 0 amide bonds. The average molecular weight is 298 g/mol. The van der Waals surface area contributed by atoms with Crippen LogP contribution in [0.2, 0.25) is 0 Å². The smallest absolute Gasteiger partial charge is 0.357 e. The lowest BCUT2D eigenvalue weighted by atomic mass is 10.4. The summed E-state index contributed by atoms with van der Waals surface area (Å²) < 4.78 is 14.5. The van der Waals surface area contributed by atoms with Crippen molar-refractivity contribution in [1.29, 1.82) is 0 Å². The number of nitrogens with zero attached hydrogens (tertiary/aromatic N) is 1. The lowest BCUT2D eigenvalue weighted by Crippen LogP contribution is -2.22. The van der Waals surface area contributed by atoms with Crippen LogP contribution >= 0.6 is 15.9 Å². The largest absolute Gasteiger partial charge is 0.444 e. The number of ether oxygens (including phenoxy) is 3. The topological polar surface area (TPSA) is 66.4 Å². The number of hydrogen-bond acceptors (Lipinski definition) is 6. The van der Waals surface area contributed by atoms with Crippen LogP contribution in [-0.4, -0.2) is 50.7 Å². The summed E-state index contributed by atoms with van der Waals surface area (Å²) in [5, 5.41) is 3.08. The van der Waals surface area contributed by atoms with E-state index in [4.69, 9.17) is 19.0 Å². The summed E-state index contributed by atoms with van der Waals surface area (Å²) in [6.07, 6.45) is 0. The van der Waals surface area contributed by atoms with Gasteiger partial charge in [0.05, 0.1) is 13.2 Å². The van der Waals surface area contributed by atoms with Crippen molar-refractivity contribution in [3.63, 3.8) is 0 Å². The van der Waals surface area contributed by atoms with Gasteiger partial charge in [-0.25, -0.2) is 4.79 Å². The molecule has 0 saturated heterocycles. The van der Waals surface area contributed by atoms with Gasteiger partial charge in [-0.1, -0.05) is 5.16 Å². The fourth-order valence-electron chi connectivity index (χ4n) is 0.667. The Morgan fingerprint density at radius 2 is 2.00 bits per heavy atom. The highest BCUT2D eigenvalue weighted by Gasteiger charge is 2.14. The van der Waals surface area contributed by atoms with E-state index in [-0.39, 0.29) is 18.9 Å². The van der Waals surface area contributed by atoms with Crippen molar-refractivity contribution in [3.8, 4) is 0 Å². The van der Waals surface area contributed by atoms with Gasteiger partial charge in [0.1, 0.15) is 6.61 Å². The first-order chi connectivity index (χ1) is 7.61. The van der Waals surface area contributed by atoms with Crippen molar-refractivity contribution < 1.29 is 23.8 Å². The fraction of sp³-hybridized carbons (Fsp3) is 0.778. The molecule has 0 rings (SSSR count). The molecule has 0 radical (unpaired) electrons. The van der Waals surface area contributed by atoms with Gasteiger partial charge in [0, 0.05) is 14.2 Å². The summed E-state index contributed by atoms with van der Waals surface area (Å²) in [7, 11) is 3.06. The van der Waals surface area contributed by atoms with E-state index in [0.29, 0.717) is 6.61 Å². The van der Waals surface area contributed by atoms with Crippen LogP contribution in [0.25, 0.3) is 0 Å². The number of oxime groups is 1. The molecule has 0 heterocycles. The lowest BCUT2D eigenvalue weighted by Gasteiger charge is -2.09. The Bertz CT molecular complexity index is 234. The van der Waals surface area contributed by atoms with Crippen molar-refractivity contribution >= 4 is 27.6 Å². The van der Waals surface area contributed by atoms with E-state index in [1.807, 2.05) is 0 Å². The van der Waals surface area contributed by atoms with E-state index >= 15 is 0 Å². The minimum atomic E-state index is -0.559. The maximum Gasteiger partial charge on any atom is 0.357 e. The van der Waals surface area contributed by atoms with Crippen molar-refractivity contribution in [3.05, 3.63) is 0 Å². The predicted molar refractivity (Wildman–Crippen MR) is 61.6 cm³/mol. The quantitative estimate of drug-likeness (QED) is 0.219. The van der Waals surface area contributed by atoms with E-state index in [0.717, 1.165) is 0 Å². The van der Waals surface area contributed by atoms with Gasteiger partial charge >= 0.3 is 5.97 Å². The van der Waals surface area contributed by atoms with Crippen LogP contribution in [0.5, 0.6) is 0 Å². The van der Waals surface area contributed by atoms with Crippen LogP contribution in [-0.2, 0) is 23.8 Å². The molecule has 0 saturated carbocycles. The van der Waals surface area contributed by atoms with Gasteiger partial charge < -0.3 is 19.0 Å². The molecule has 6 nitrogen and oxygen atoms in total. The molecule has 0 aliphatic heterocycles. The number of rotatable bonds is 8. The Labute approximate surface area is 103 Å².